The molecule has 0 saturated carbocycles. The van der Waals surface area contributed by atoms with Crippen molar-refractivity contribution >= 4 is 5.97 Å². The number of pyridine rings is 1. The van der Waals surface area contributed by atoms with Crippen molar-refractivity contribution in [1.82, 2.24) is 4.98 Å². The zero-order valence-corrected chi connectivity index (χ0v) is 8.37. The molecule has 0 amide bonds. The van der Waals surface area contributed by atoms with E-state index in [1.54, 1.807) is 6.07 Å². The highest BCUT2D eigenvalue weighted by molar-refractivity contribution is 5.85. The maximum Gasteiger partial charge on any atom is 0.354 e. The van der Waals surface area contributed by atoms with Gasteiger partial charge in [-0.2, -0.15) is 0 Å². The van der Waals surface area contributed by atoms with E-state index in [9.17, 15) is 4.79 Å². The normalized spacial score (nSPS) is 17.9. The Labute approximate surface area is 82.8 Å². The van der Waals surface area contributed by atoms with Gasteiger partial charge in [-0.25, -0.2) is 9.78 Å². The Bertz CT molecular complexity index is 396. The minimum absolute atomic E-state index is 0.0286. The Balaban J connectivity index is 2.53. The summed E-state index contributed by atoms with van der Waals surface area (Å²) < 4.78 is 0. The first kappa shape index (κ1) is 9.19. The Morgan fingerprint density at radius 1 is 1.50 bits per heavy atom. The highest BCUT2D eigenvalue weighted by Gasteiger charge is 2.31. The molecule has 14 heavy (non-hydrogen) atoms. The lowest BCUT2D eigenvalue weighted by Crippen LogP contribution is -2.15. The second-order valence-corrected chi connectivity index (χ2v) is 4.39. The molecule has 0 atom stereocenters. The number of rotatable bonds is 1. The van der Waals surface area contributed by atoms with Gasteiger partial charge in [0.05, 0.1) is 5.69 Å². The minimum atomic E-state index is -0.949. The number of aromatic nitrogens is 1. The number of aryl methyl sites for hydroxylation is 1. The summed E-state index contributed by atoms with van der Waals surface area (Å²) in [7, 11) is 0. The lowest BCUT2D eigenvalue weighted by molar-refractivity contribution is 0.0690. The fourth-order valence-corrected chi connectivity index (χ4v) is 1.96. The van der Waals surface area contributed by atoms with Crippen LogP contribution in [0.4, 0.5) is 0 Å². The molecule has 74 valence electrons. The van der Waals surface area contributed by atoms with Crippen molar-refractivity contribution in [3.05, 3.63) is 29.1 Å². The third-order valence-electron chi connectivity index (χ3n) is 2.86. The van der Waals surface area contributed by atoms with E-state index < -0.39 is 5.97 Å². The molecule has 0 aromatic carbocycles. The summed E-state index contributed by atoms with van der Waals surface area (Å²) in [6, 6.07) is 3.48. The second-order valence-electron chi connectivity index (χ2n) is 4.39. The van der Waals surface area contributed by atoms with Crippen molar-refractivity contribution in [2.45, 2.75) is 32.1 Å². The third-order valence-corrected chi connectivity index (χ3v) is 2.86. The van der Waals surface area contributed by atoms with E-state index in [1.165, 1.54) is 5.56 Å². The van der Waals surface area contributed by atoms with Gasteiger partial charge in [-0.3, -0.25) is 0 Å². The molecule has 3 heteroatoms. The first-order valence-corrected chi connectivity index (χ1v) is 4.74. The van der Waals surface area contributed by atoms with Crippen molar-refractivity contribution in [3.8, 4) is 0 Å². The number of carboxylic acid groups (broad SMARTS) is 1. The van der Waals surface area contributed by atoms with Crippen molar-refractivity contribution in [3.63, 3.8) is 0 Å². The van der Waals surface area contributed by atoms with Crippen LogP contribution in [0.15, 0.2) is 12.1 Å². The van der Waals surface area contributed by atoms with Crippen molar-refractivity contribution in [2.75, 3.05) is 0 Å². The Morgan fingerprint density at radius 2 is 2.21 bits per heavy atom. The van der Waals surface area contributed by atoms with Gasteiger partial charge in [0.15, 0.2) is 0 Å². The quantitative estimate of drug-likeness (QED) is 0.738. The van der Waals surface area contributed by atoms with E-state index in [2.05, 4.69) is 18.8 Å². The number of fused-ring (bicyclic) bond motifs is 1. The van der Waals surface area contributed by atoms with Crippen LogP contribution < -0.4 is 0 Å². The molecular formula is C11H13NO2. The van der Waals surface area contributed by atoms with E-state index >= 15 is 0 Å². The molecule has 1 aliphatic carbocycles. The molecule has 2 rings (SSSR count). The van der Waals surface area contributed by atoms with E-state index in [0.29, 0.717) is 0 Å². The number of nitrogens with zero attached hydrogens (tertiary/aromatic N) is 1. The van der Waals surface area contributed by atoms with Crippen LogP contribution in [0.5, 0.6) is 0 Å². The summed E-state index contributed by atoms with van der Waals surface area (Å²) >= 11 is 0. The zero-order valence-electron chi connectivity index (χ0n) is 8.37. The van der Waals surface area contributed by atoms with Gasteiger partial charge in [-0.15, -0.1) is 0 Å². The Kier molecular flexibility index (Phi) is 1.84. The lowest BCUT2D eigenvalue weighted by Gasteiger charge is -2.17. The predicted molar refractivity (Wildman–Crippen MR) is 52.5 cm³/mol. The van der Waals surface area contributed by atoms with Crippen LogP contribution >= 0.6 is 0 Å². The topological polar surface area (TPSA) is 50.2 Å². The molecule has 0 unspecified atom stereocenters. The van der Waals surface area contributed by atoms with Gasteiger partial charge in [0.1, 0.15) is 5.69 Å². The molecule has 0 bridgehead atoms. The summed E-state index contributed by atoms with van der Waals surface area (Å²) in [6.45, 7) is 4.22. The van der Waals surface area contributed by atoms with Crippen molar-refractivity contribution in [1.29, 1.82) is 0 Å². The molecule has 0 fully saturated rings. The number of carbonyl (C=O) groups is 1. The van der Waals surface area contributed by atoms with Gasteiger partial charge in [-0.05, 0) is 24.5 Å². The number of hydrogen-bond acceptors (Lipinski definition) is 2. The van der Waals surface area contributed by atoms with Crippen molar-refractivity contribution in [2.24, 2.45) is 0 Å². The molecule has 1 aromatic rings. The van der Waals surface area contributed by atoms with Crippen LogP contribution in [-0.4, -0.2) is 16.1 Å². The summed E-state index contributed by atoms with van der Waals surface area (Å²) in [5.41, 5.74) is 2.33. The summed E-state index contributed by atoms with van der Waals surface area (Å²) in [6.07, 6.45) is 2.06. The number of carboxylic acids is 1. The van der Waals surface area contributed by atoms with Crippen LogP contribution in [0.25, 0.3) is 0 Å². The molecule has 0 spiro atoms. The largest absolute Gasteiger partial charge is 0.477 e. The SMILES string of the molecule is CC1(C)CCc2ccc(C(=O)O)nc21. The predicted octanol–water partition coefficient (Wildman–Crippen LogP) is 2.00. The Morgan fingerprint density at radius 3 is 2.86 bits per heavy atom. The van der Waals surface area contributed by atoms with E-state index in [-0.39, 0.29) is 11.1 Å². The summed E-state index contributed by atoms with van der Waals surface area (Å²) in [5, 5.41) is 8.82. The summed E-state index contributed by atoms with van der Waals surface area (Å²) in [5.74, 6) is -0.949. The van der Waals surface area contributed by atoms with Crippen LogP contribution in [-0.2, 0) is 11.8 Å². The molecule has 1 heterocycles. The highest BCUT2D eigenvalue weighted by atomic mass is 16.4. The van der Waals surface area contributed by atoms with E-state index in [1.807, 2.05) is 6.07 Å². The molecule has 1 N–H and O–H groups in total. The van der Waals surface area contributed by atoms with Crippen LogP contribution in [0.1, 0.15) is 42.0 Å². The minimum Gasteiger partial charge on any atom is -0.477 e. The smallest absolute Gasteiger partial charge is 0.354 e. The standard InChI is InChI=1S/C11H13NO2/c1-11(2)6-5-7-3-4-8(10(13)14)12-9(7)11/h3-4H,5-6H2,1-2H3,(H,13,14). The molecule has 3 nitrogen and oxygen atoms in total. The van der Waals surface area contributed by atoms with Crippen LogP contribution in [0.3, 0.4) is 0 Å². The number of aromatic carboxylic acids is 1. The fraction of sp³-hybridized carbons (Fsp3) is 0.455. The van der Waals surface area contributed by atoms with Gasteiger partial charge < -0.3 is 5.11 Å². The molecule has 0 radical (unpaired) electrons. The van der Waals surface area contributed by atoms with E-state index in [4.69, 9.17) is 5.11 Å². The molecule has 0 aliphatic heterocycles. The lowest BCUT2D eigenvalue weighted by atomic mass is 9.90. The van der Waals surface area contributed by atoms with Gasteiger partial charge in [0.25, 0.3) is 0 Å². The number of hydrogen-bond donors (Lipinski definition) is 1. The van der Waals surface area contributed by atoms with E-state index in [0.717, 1.165) is 18.5 Å². The maximum absolute atomic E-state index is 10.7. The third kappa shape index (κ3) is 1.29. The van der Waals surface area contributed by atoms with Gasteiger partial charge in [0, 0.05) is 5.41 Å². The summed E-state index contributed by atoms with van der Waals surface area (Å²) in [4.78, 5) is 15.0. The average molecular weight is 191 g/mol. The maximum atomic E-state index is 10.7. The zero-order chi connectivity index (χ0) is 10.3. The van der Waals surface area contributed by atoms with Crippen molar-refractivity contribution < 1.29 is 9.90 Å². The first-order valence-electron chi connectivity index (χ1n) is 4.74. The fourth-order valence-electron chi connectivity index (χ4n) is 1.96. The van der Waals surface area contributed by atoms with Crippen LogP contribution in [0, 0.1) is 0 Å². The molecule has 0 saturated heterocycles. The Hall–Kier alpha value is -1.38. The highest BCUT2D eigenvalue weighted by Crippen LogP contribution is 2.36. The van der Waals surface area contributed by atoms with Crippen LogP contribution in [0.2, 0.25) is 0 Å². The molecular weight excluding hydrogens is 178 g/mol. The second kappa shape index (κ2) is 2.80. The van der Waals surface area contributed by atoms with Gasteiger partial charge in [-0.1, -0.05) is 19.9 Å². The average Bonchev–Trinajstić information content (AvgIpc) is 2.42. The molecule has 1 aliphatic rings. The molecule has 1 aromatic heterocycles. The van der Waals surface area contributed by atoms with Gasteiger partial charge >= 0.3 is 5.97 Å². The monoisotopic (exact) mass is 191 g/mol. The first-order chi connectivity index (χ1) is 6.50. The van der Waals surface area contributed by atoms with Gasteiger partial charge in [0.2, 0.25) is 0 Å².